The van der Waals surface area contributed by atoms with E-state index in [4.69, 9.17) is 4.74 Å². The summed E-state index contributed by atoms with van der Waals surface area (Å²) in [6, 6.07) is 9.47. The highest BCUT2D eigenvalue weighted by Crippen LogP contribution is 2.53. The Balaban J connectivity index is 1.29. The predicted octanol–water partition coefficient (Wildman–Crippen LogP) is 5.33. The monoisotopic (exact) mass is 558 g/mol. The van der Waals surface area contributed by atoms with Crippen molar-refractivity contribution in [3.63, 3.8) is 0 Å². The third kappa shape index (κ3) is 5.25. The zero-order valence-electron chi connectivity index (χ0n) is 23.3. The van der Waals surface area contributed by atoms with Crippen molar-refractivity contribution in [1.82, 2.24) is 19.8 Å². The Morgan fingerprint density at radius 2 is 1.88 bits per heavy atom. The number of para-hydroxylation sites is 1. The van der Waals surface area contributed by atoms with Crippen molar-refractivity contribution in [2.75, 3.05) is 26.7 Å². The zero-order chi connectivity index (χ0) is 28.7. The van der Waals surface area contributed by atoms with Crippen LogP contribution in [0.15, 0.2) is 35.1 Å². The fourth-order valence-corrected chi connectivity index (χ4v) is 6.39. The van der Waals surface area contributed by atoms with Crippen LogP contribution in [0, 0.1) is 25.2 Å². The van der Waals surface area contributed by atoms with Gasteiger partial charge in [0.05, 0.1) is 30.2 Å². The minimum Gasteiger partial charge on any atom is -0.496 e. The number of amides is 1. The van der Waals surface area contributed by atoms with Crippen LogP contribution in [0.3, 0.4) is 0 Å². The topological polar surface area (TPSA) is 79.4 Å². The molecule has 1 aliphatic carbocycles. The summed E-state index contributed by atoms with van der Waals surface area (Å²) in [6.45, 7) is 5.82. The molecule has 0 bridgehead atoms. The summed E-state index contributed by atoms with van der Waals surface area (Å²) in [6.07, 6.45) is -1.38. The van der Waals surface area contributed by atoms with Gasteiger partial charge in [-0.15, -0.1) is 0 Å². The van der Waals surface area contributed by atoms with E-state index >= 15 is 0 Å². The maximum atomic E-state index is 13.7. The number of halogens is 3. The number of likely N-dealkylation sites (tertiary alicyclic amines) is 1. The number of aromatic nitrogens is 2. The number of nitrogens with zero attached hydrogens (tertiary/aromatic N) is 2. The van der Waals surface area contributed by atoms with Gasteiger partial charge < -0.3 is 24.5 Å². The second-order valence-corrected chi connectivity index (χ2v) is 11.5. The molecule has 2 N–H and O–H groups in total. The number of alkyl halides is 3. The second-order valence-electron chi connectivity index (χ2n) is 11.5. The number of fused-ring (bicyclic) bond motifs is 1. The van der Waals surface area contributed by atoms with Gasteiger partial charge in [0.2, 0.25) is 0 Å². The standard InChI is InChI=1S/C30H37F3N4O3/c1-19-15-25(40-3)23(27(38)35-19)16-34-28(39)26-20(2)37(24-8-5-4-7-22(24)26)17-21-9-13-36(14-10-21)18-29(11-6-12-29)30(31,32)33/h4-5,7-8,15,21H,6,9-14,16-18H2,1-3H3,(H,34,39)(H,35,38). The molecule has 1 amide bonds. The van der Waals surface area contributed by atoms with Crippen LogP contribution in [0.4, 0.5) is 13.2 Å². The minimum atomic E-state index is -4.14. The molecular weight excluding hydrogens is 521 g/mol. The molecule has 5 rings (SSSR count). The second kappa shape index (κ2) is 11.0. The number of hydrogen-bond acceptors (Lipinski definition) is 4. The highest BCUT2D eigenvalue weighted by Gasteiger charge is 2.58. The number of piperidine rings is 1. The minimum absolute atomic E-state index is 0.0223. The molecule has 1 aromatic carbocycles. The number of methoxy groups -OCH3 is 1. The molecule has 3 heterocycles. The van der Waals surface area contributed by atoms with Gasteiger partial charge in [-0.3, -0.25) is 9.59 Å². The average Bonchev–Trinajstić information content (AvgIpc) is 3.16. The van der Waals surface area contributed by atoms with E-state index in [9.17, 15) is 22.8 Å². The van der Waals surface area contributed by atoms with E-state index in [0.29, 0.717) is 54.5 Å². The fraction of sp³-hybridized carbons (Fsp3) is 0.533. The number of H-pyrrole nitrogens is 1. The summed E-state index contributed by atoms with van der Waals surface area (Å²) < 4.78 is 48.5. The van der Waals surface area contributed by atoms with Gasteiger partial charge in [0.15, 0.2) is 0 Å². The SMILES string of the molecule is COc1cc(C)[nH]c(=O)c1CNC(=O)c1c(C)n(CC2CCN(CC3(C(F)(F)F)CCC3)CC2)c2ccccc12. The summed E-state index contributed by atoms with van der Waals surface area (Å²) in [5.74, 6) is 0.452. The Bertz CT molecular complexity index is 1450. The summed E-state index contributed by atoms with van der Waals surface area (Å²) in [5, 5.41) is 3.73. The highest BCUT2D eigenvalue weighted by molar-refractivity contribution is 6.08. The summed E-state index contributed by atoms with van der Waals surface area (Å²) >= 11 is 0. The third-order valence-electron chi connectivity index (χ3n) is 8.92. The molecule has 7 nitrogen and oxygen atoms in total. The van der Waals surface area contributed by atoms with Crippen molar-refractivity contribution in [2.24, 2.45) is 11.3 Å². The molecule has 0 unspecified atom stereocenters. The predicted molar refractivity (Wildman–Crippen MR) is 148 cm³/mol. The zero-order valence-corrected chi connectivity index (χ0v) is 23.3. The van der Waals surface area contributed by atoms with Crippen molar-refractivity contribution in [3.05, 3.63) is 63.2 Å². The lowest BCUT2D eigenvalue weighted by Gasteiger charge is -2.47. The molecule has 216 valence electrons. The average molecular weight is 559 g/mol. The Kier molecular flexibility index (Phi) is 7.74. The number of hydrogen-bond donors (Lipinski definition) is 2. The van der Waals surface area contributed by atoms with Crippen LogP contribution in [-0.4, -0.2) is 53.3 Å². The molecule has 1 aliphatic heterocycles. The third-order valence-corrected chi connectivity index (χ3v) is 8.92. The Labute approximate surface area is 231 Å². The molecule has 0 atom stereocenters. The summed E-state index contributed by atoms with van der Waals surface area (Å²) in [4.78, 5) is 30.7. The Hall–Kier alpha value is -3.27. The van der Waals surface area contributed by atoms with E-state index in [1.54, 1.807) is 13.0 Å². The largest absolute Gasteiger partial charge is 0.496 e. The number of aromatic amines is 1. The van der Waals surface area contributed by atoms with Gasteiger partial charge in [0, 0.05) is 35.4 Å². The molecule has 0 radical (unpaired) electrons. The molecule has 3 aromatic rings. The normalized spacial score (nSPS) is 18.1. The first kappa shape index (κ1) is 28.3. The maximum absolute atomic E-state index is 13.7. The Morgan fingerprint density at radius 1 is 1.18 bits per heavy atom. The number of ether oxygens (including phenoxy) is 1. The van der Waals surface area contributed by atoms with Gasteiger partial charge in [-0.1, -0.05) is 24.6 Å². The van der Waals surface area contributed by atoms with Crippen molar-refractivity contribution in [1.29, 1.82) is 0 Å². The molecule has 2 aliphatic rings. The quantitative estimate of drug-likeness (QED) is 0.392. The van der Waals surface area contributed by atoms with Gasteiger partial charge in [-0.2, -0.15) is 13.2 Å². The number of rotatable bonds is 8. The molecule has 2 fully saturated rings. The van der Waals surface area contributed by atoms with E-state index in [2.05, 4.69) is 14.9 Å². The van der Waals surface area contributed by atoms with Crippen LogP contribution in [0.25, 0.3) is 10.9 Å². The van der Waals surface area contributed by atoms with Crippen LogP contribution in [0.2, 0.25) is 0 Å². The Morgan fingerprint density at radius 3 is 2.50 bits per heavy atom. The first-order valence-electron chi connectivity index (χ1n) is 13.9. The lowest BCUT2D eigenvalue weighted by molar-refractivity contribution is -0.256. The summed E-state index contributed by atoms with van der Waals surface area (Å²) in [7, 11) is 1.49. The van der Waals surface area contributed by atoms with E-state index < -0.39 is 11.6 Å². The van der Waals surface area contributed by atoms with Gasteiger partial charge >= 0.3 is 6.18 Å². The van der Waals surface area contributed by atoms with Crippen LogP contribution >= 0.6 is 0 Å². The van der Waals surface area contributed by atoms with Crippen molar-refractivity contribution in [2.45, 2.75) is 65.2 Å². The number of aryl methyl sites for hydroxylation is 1. The number of carbonyl (C=O) groups is 1. The van der Waals surface area contributed by atoms with Crippen LogP contribution in [-0.2, 0) is 13.1 Å². The van der Waals surface area contributed by atoms with E-state index in [-0.39, 0.29) is 37.4 Å². The first-order valence-corrected chi connectivity index (χ1v) is 13.9. The molecular formula is C30H37F3N4O3. The molecule has 0 spiro atoms. The van der Waals surface area contributed by atoms with Gasteiger partial charge in [0.1, 0.15) is 5.75 Å². The van der Waals surface area contributed by atoms with E-state index in [0.717, 1.165) is 29.4 Å². The van der Waals surface area contributed by atoms with Crippen LogP contribution in [0.1, 0.15) is 59.4 Å². The highest BCUT2D eigenvalue weighted by atomic mass is 19.4. The molecule has 1 saturated carbocycles. The molecule has 2 aromatic heterocycles. The number of carbonyl (C=O) groups excluding carboxylic acids is 1. The van der Waals surface area contributed by atoms with Crippen LogP contribution in [0.5, 0.6) is 5.75 Å². The first-order chi connectivity index (χ1) is 19.0. The molecule has 1 saturated heterocycles. The van der Waals surface area contributed by atoms with Gasteiger partial charge in [-0.25, -0.2) is 0 Å². The fourth-order valence-electron chi connectivity index (χ4n) is 6.39. The van der Waals surface area contributed by atoms with Crippen LogP contribution < -0.4 is 15.6 Å². The summed E-state index contributed by atoms with van der Waals surface area (Å²) in [5.41, 5.74) is 1.53. The number of benzene rings is 1. The molecule has 40 heavy (non-hydrogen) atoms. The van der Waals surface area contributed by atoms with Crippen molar-refractivity contribution < 1.29 is 22.7 Å². The van der Waals surface area contributed by atoms with Crippen molar-refractivity contribution in [3.8, 4) is 5.75 Å². The lowest BCUT2D eigenvalue weighted by atomic mass is 9.67. The maximum Gasteiger partial charge on any atom is 0.395 e. The lowest BCUT2D eigenvalue weighted by Crippen LogP contribution is -2.53. The van der Waals surface area contributed by atoms with Gasteiger partial charge in [0.25, 0.3) is 11.5 Å². The number of pyridine rings is 1. The molecule has 10 heteroatoms. The van der Waals surface area contributed by atoms with Gasteiger partial charge in [-0.05, 0) is 70.7 Å². The smallest absolute Gasteiger partial charge is 0.395 e. The van der Waals surface area contributed by atoms with E-state index in [1.165, 1.54) is 7.11 Å². The number of nitrogens with one attached hydrogen (secondary N) is 2. The van der Waals surface area contributed by atoms with Crippen molar-refractivity contribution >= 4 is 16.8 Å². The van der Waals surface area contributed by atoms with E-state index in [1.807, 2.05) is 36.1 Å².